The molecule has 5 nitrogen and oxygen atoms in total. The number of rotatable bonds is 7. The first-order chi connectivity index (χ1) is 13.1. The molecular weight excluding hydrogens is 342 g/mol. The fraction of sp³-hybridized carbons (Fsp3) is 0.227. The zero-order valence-corrected chi connectivity index (χ0v) is 15.8. The number of ether oxygens (including phenoxy) is 2. The second-order valence-corrected chi connectivity index (χ2v) is 6.29. The van der Waals surface area contributed by atoms with Gasteiger partial charge in [0.2, 0.25) is 5.91 Å². The van der Waals surface area contributed by atoms with Crippen LogP contribution in [0.5, 0.6) is 11.5 Å². The molecule has 27 heavy (non-hydrogen) atoms. The molecule has 0 aliphatic rings. The lowest BCUT2D eigenvalue weighted by Gasteiger charge is -2.15. The second kappa shape index (κ2) is 8.45. The van der Waals surface area contributed by atoms with Gasteiger partial charge in [-0.1, -0.05) is 24.3 Å². The van der Waals surface area contributed by atoms with Crippen molar-refractivity contribution in [2.24, 2.45) is 0 Å². The molecule has 0 N–H and O–H groups in total. The number of methoxy groups -OCH3 is 1. The highest BCUT2D eigenvalue weighted by Crippen LogP contribution is 2.28. The smallest absolute Gasteiger partial charge is 0.246 e. The Bertz CT molecular complexity index is 958. The number of furan rings is 1. The average Bonchev–Trinajstić information content (AvgIpc) is 3.09. The zero-order valence-electron chi connectivity index (χ0n) is 15.8. The van der Waals surface area contributed by atoms with Crippen LogP contribution in [-0.2, 0) is 4.79 Å². The molecule has 0 atom stereocenters. The highest BCUT2D eigenvalue weighted by molar-refractivity contribution is 5.92. The minimum absolute atomic E-state index is 0.115. The summed E-state index contributed by atoms with van der Waals surface area (Å²) < 4.78 is 16.7. The molecule has 0 fully saturated rings. The Balaban J connectivity index is 1.56. The van der Waals surface area contributed by atoms with Crippen molar-refractivity contribution in [1.29, 1.82) is 0 Å². The number of para-hydroxylation sites is 1. The van der Waals surface area contributed by atoms with Gasteiger partial charge in [-0.2, -0.15) is 0 Å². The normalized spacial score (nSPS) is 11.1. The van der Waals surface area contributed by atoms with Gasteiger partial charge in [0, 0.05) is 18.5 Å². The number of aryl methyl sites for hydroxylation is 1. The monoisotopic (exact) mass is 365 g/mol. The van der Waals surface area contributed by atoms with Gasteiger partial charge in [-0.25, -0.2) is 0 Å². The van der Waals surface area contributed by atoms with E-state index in [0.717, 1.165) is 16.7 Å². The van der Waals surface area contributed by atoms with Crippen LogP contribution in [0.1, 0.15) is 11.3 Å². The van der Waals surface area contributed by atoms with E-state index < -0.39 is 0 Å². The number of amides is 1. The van der Waals surface area contributed by atoms with Gasteiger partial charge in [0.1, 0.15) is 18.1 Å². The summed E-state index contributed by atoms with van der Waals surface area (Å²) >= 11 is 0. The van der Waals surface area contributed by atoms with Crippen molar-refractivity contribution in [1.82, 2.24) is 4.90 Å². The van der Waals surface area contributed by atoms with Crippen LogP contribution < -0.4 is 9.47 Å². The van der Waals surface area contributed by atoms with Crippen molar-refractivity contribution < 1.29 is 18.7 Å². The molecule has 0 saturated heterocycles. The van der Waals surface area contributed by atoms with Gasteiger partial charge in [0.05, 0.1) is 13.7 Å². The molecule has 0 aliphatic carbocycles. The lowest BCUT2D eigenvalue weighted by molar-refractivity contribution is -0.125. The first-order valence-electron chi connectivity index (χ1n) is 8.76. The molecule has 0 radical (unpaired) electrons. The Morgan fingerprint density at radius 1 is 1.19 bits per heavy atom. The molecule has 1 heterocycles. The SMILES string of the molecule is COc1cccc2cc(/C=C/C(=O)N(C)CCOc3cccc(C)c3)oc12. The summed E-state index contributed by atoms with van der Waals surface area (Å²) in [7, 11) is 3.35. The van der Waals surface area contributed by atoms with Crippen molar-refractivity contribution in [3.63, 3.8) is 0 Å². The van der Waals surface area contributed by atoms with Gasteiger partial charge in [-0.15, -0.1) is 0 Å². The topological polar surface area (TPSA) is 51.9 Å². The Morgan fingerprint density at radius 3 is 2.78 bits per heavy atom. The van der Waals surface area contributed by atoms with Gasteiger partial charge in [0.25, 0.3) is 0 Å². The number of carbonyl (C=O) groups excluding carboxylic acids is 1. The predicted molar refractivity (Wildman–Crippen MR) is 106 cm³/mol. The van der Waals surface area contributed by atoms with Crippen molar-refractivity contribution in [3.8, 4) is 11.5 Å². The number of fused-ring (bicyclic) bond motifs is 1. The summed E-state index contributed by atoms with van der Waals surface area (Å²) in [5, 5.41) is 0.932. The fourth-order valence-corrected chi connectivity index (χ4v) is 2.70. The van der Waals surface area contributed by atoms with E-state index in [-0.39, 0.29) is 5.91 Å². The Labute approximate surface area is 158 Å². The maximum absolute atomic E-state index is 12.3. The first kappa shape index (κ1) is 18.6. The van der Waals surface area contributed by atoms with E-state index in [0.29, 0.717) is 30.2 Å². The van der Waals surface area contributed by atoms with Gasteiger partial charge < -0.3 is 18.8 Å². The molecule has 0 spiro atoms. The Morgan fingerprint density at radius 2 is 2.00 bits per heavy atom. The maximum atomic E-state index is 12.3. The highest BCUT2D eigenvalue weighted by atomic mass is 16.5. The maximum Gasteiger partial charge on any atom is 0.246 e. The first-order valence-corrected chi connectivity index (χ1v) is 8.76. The number of hydrogen-bond donors (Lipinski definition) is 0. The van der Waals surface area contributed by atoms with E-state index in [2.05, 4.69) is 0 Å². The van der Waals surface area contributed by atoms with Crippen LogP contribution in [-0.4, -0.2) is 38.1 Å². The van der Waals surface area contributed by atoms with Crippen LogP contribution in [0.2, 0.25) is 0 Å². The molecule has 5 heteroatoms. The zero-order chi connectivity index (χ0) is 19.2. The summed E-state index contributed by atoms with van der Waals surface area (Å²) in [5.41, 5.74) is 1.81. The van der Waals surface area contributed by atoms with Gasteiger partial charge in [0.15, 0.2) is 11.3 Å². The highest BCUT2D eigenvalue weighted by Gasteiger charge is 2.08. The van der Waals surface area contributed by atoms with Crippen LogP contribution in [0, 0.1) is 6.92 Å². The van der Waals surface area contributed by atoms with Crippen LogP contribution in [0.25, 0.3) is 17.0 Å². The number of likely N-dealkylation sites (N-methyl/N-ethyl adjacent to an activating group) is 1. The standard InChI is InChI=1S/C22H23NO4/c1-16-6-4-8-18(14-16)26-13-12-23(2)21(24)11-10-19-15-17-7-5-9-20(25-3)22(17)27-19/h4-11,14-15H,12-13H2,1-3H3/b11-10+. The predicted octanol–water partition coefficient (Wildman–Crippen LogP) is 4.30. The van der Waals surface area contributed by atoms with Crippen molar-refractivity contribution in [2.75, 3.05) is 27.3 Å². The molecule has 0 bridgehead atoms. The molecule has 0 aliphatic heterocycles. The molecule has 1 amide bonds. The summed E-state index contributed by atoms with van der Waals surface area (Å²) in [4.78, 5) is 13.9. The van der Waals surface area contributed by atoms with Crippen molar-refractivity contribution in [2.45, 2.75) is 6.92 Å². The summed E-state index contributed by atoms with van der Waals surface area (Å²) in [6.45, 7) is 2.94. The van der Waals surface area contributed by atoms with Crippen LogP contribution >= 0.6 is 0 Å². The third kappa shape index (κ3) is 4.70. The molecule has 0 saturated carbocycles. The minimum atomic E-state index is -0.115. The summed E-state index contributed by atoms with van der Waals surface area (Å²) in [6.07, 6.45) is 3.16. The lowest BCUT2D eigenvalue weighted by atomic mass is 10.2. The van der Waals surface area contributed by atoms with E-state index in [4.69, 9.17) is 13.9 Å². The number of benzene rings is 2. The number of carbonyl (C=O) groups is 1. The van der Waals surface area contributed by atoms with E-state index in [1.54, 1.807) is 25.1 Å². The quantitative estimate of drug-likeness (QED) is 0.586. The molecule has 0 unspecified atom stereocenters. The van der Waals surface area contributed by atoms with Crippen LogP contribution in [0.4, 0.5) is 0 Å². The molecule has 3 rings (SSSR count). The summed E-state index contributed by atoms with van der Waals surface area (Å²) in [6, 6.07) is 15.4. The second-order valence-electron chi connectivity index (χ2n) is 6.29. The Hall–Kier alpha value is -3.21. The molecule has 1 aromatic heterocycles. The van der Waals surface area contributed by atoms with E-state index >= 15 is 0 Å². The van der Waals surface area contributed by atoms with Crippen molar-refractivity contribution in [3.05, 3.63) is 65.9 Å². The molecule has 140 valence electrons. The summed E-state index contributed by atoms with van der Waals surface area (Å²) in [5.74, 6) is 1.97. The largest absolute Gasteiger partial charge is 0.493 e. The average molecular weight is 365 g/mol. The number of nitrogens with zero attached hydrogens (tertiary/aromatic N) is 1. The lowest BCUT2D eigenvalue weighted by Crippen LogP contribution is -2.29. The third-order valence-electron chi connectivity index (χ3n) is 4.20. The molecule has 2 aromatic carbocycles. The molecule has 3 aromatic rings. The van der Waals surface area contributed by atoms with E-state index in [9.17, 15) is 4.79 Å². The minimum Gasteiger partial charge on any atom is -0.493 e. The van der Waals surface area contributed by atoms with E-state index in [1.165, 1.54) is 6.08 Å². The van der Waals surface area contributed by atoms with Crippen LogP contribution in [0.15, 0.2) is 59.0 Å². The van der Waals surface area contributed by atoms with Gasteiger partial charge in [-0.3, -0.25) is 4.79 Å². The van der Waals surface area contributed by atoms with Crippen molar-refractivity contribution >= 4 is 23.0 Å². The Kier molecular flexibility index (Phi) is 5.81. The van der Waals surface area contributed by atoms with Gasteiger partial charge >= 0.3 is 0 Å². The van der Waals surface area contributed by atoms with Gasteiger partial charge in [-0.05, 0) is 42.8 Å². The molecular formula is C22H23NO4. The fourth-order valence-electron chi connectivity index (χ4n) is 2.70. The van der Waals surface area contributed by atoms with E-state index in [1.807, 2.05) is 55.5 Å². The third-order valence-corrected chi connectivity index (χ3v) is 4.20. The number of hydrogen-bond acceptors (Lipinski definition) is 4. The van der Waals surface area contributed by atoms with Crippen LogP contribution in [0.3, 0.4) is 0 Å².